The molecular weight excluding hydrogens is 483 g/mol. The van der Waals surface area contributed by atoms with Gasteiger partial charge >= 0.3 is 0 Å². The molecule has 0 saturated carbocycles. The van der Waals surface area contributed by atoms with Crippen molar-refractivity contribution in [3.63, 3.8) is 0 Å². The predicted octanol–water partition coefficient (Wildman–Crippen LogP) is 6.32. The molecule has 7 heteroatoms. The van der Waals surface area contributed by atoms with Gasteiger partial charge in [0.05, 0.1) is 11.1 Å². The van der Waals surface area contributed by atoms with Crippen molar-refractivity contribution in [2.75, 3.05) is 13.6 Å². The number of fused-ring (bicyclic) bond motifs is 1. The largest absolute Gasteiger partial charge is 0.455 e. The summed E-state index contributed by atoms with van der Waals surface area (Å²) in [5.41, 5.74) is 3.56. The van der Waals surface area contributed by atoms with Gasteiger partial charge in [0.25, 0.3) is 11.8 Å². The molecule has 1 heterocycles. The fourth-order valence-electron chi connectivity index (χ4n) is 4.69. The van der Waals surface area contributed by atoms with Crippen LogP contribution in [-0.2, 0) is 11.2 Å². The molecule has 2 amide bonds. The first-order valence-corrected chi connectivity index (χ1v) is 12.9. The van der Waals surface area contributed by atoms with Crippen LogP contribution in [0.5, 0.6) is 0 Å². The quantitative estimate of drug-likeness (QED) is 0.181. The highest BCUT2D eigenvalue weighted by Gasteiger charge is 2.29. The number of aryl methyl sites for hydroxylation is 1. The third-order valence-electron chi connectivity index (χ3n) is 6.51. The summed E-state index contributed by atoms with van der Waals surface area (Å²) in [7, 11) is 1.53. The van der Waals surface area contributed by atoms with Gasteiger partial charge in [0.2, 0.25) is 0 Å². The second-order valence-corrected chi connectivity index (χ2v) is 9.09. The number of halogens is 1. The maximum Gasteiger partial charge on any atom is 0.255 e. The molecule has 0 fully saturated rings. The van der Waals surface area contributed by atoms with Crippen LogP contribution < -0.4 is 10.6 Å². The van der Waals surface area contributed by atoms with Crippen LogP contribution in [0.1, 0.15) is 58.9 Å². The van der Waals surface area contributed by atoms with Crippen LogP contribution in [0.4, 0.5) is 4.39 Å². The van der Waals surface area contributed by atoms with Crippen molar-refractivity contribution in [1.29, 1.82) is 0 Å². The molecule has 0 bridgehead atoms. The van der Waals surface area contributed by atoms with E-state index in [0.29, 0.717) is 46.2 Å². The van der Waals surface area contributed by atoms with Gasteiger partial charge in [0, 0.05) is 36.5 Å². The maximum absolute atomic E-state index is 13.7. The Balaban J connectivity index is 2.07. The van der Waals surface area contributed by atoms with Crippen LogP contribution in [0.15, 0.2) is 65.1 Å². The molecule has 1 aromatic heterocycles. The Morgan fingerprint density at radius 1 is 0.947 bits per heavy atom. The zero-order valence-electron chi connectivity index (χ0n) is 21.6. The average Bonchev–Trinajstić information content (AvgIpc) is 3.32. The lowest BCUT2D eigenvalue weighted by Gasteiger charge is -2.17. The van der Waals surface area contributed by atoms with Gasteiger partial charge < -0.3 is 19.8 Å². The second kappa shape index (κ2) is 12.3. The molecule has 2 N–H and O–H groups in total. The lowest BCUT2D eigenvalue weighted by molar-refractivity contribution is -0.107. The van der Waals surface area contributed by atoms with Crippen LogP contribution in [0.3, 0.4) is 0 Å². The molecule has 0 aliphatic carbocycles. The number of hydrogen-bond acceptors (Lipinski definition) is 4. The van der Waals surface area contributed by atoms with Gasteiger partial charge in [-0.05, 0) is 54.3 Å². The summed E-state index contributed by atoms with van der Waals surface area (Å²) in [4.78, 5) is 38.4. The number of furan rings is 1. The third kappa shape index (κ3) is 5.52. The number of rotatable bonds is 11. The van der Waals surface area contributed by atoms with Gasteiger partial charge in [0.1, 0.15) is 23.4 Å². The maximum atomic E-state index is 13.7. The first-order valence-electron chi connectivity index (χ1n) is 12.9. The number of aldehydes is 1. The molecule has 3 aromatic carbocycles. The van der Waals surface area contributed by atoms with Crippen LogP contribution >= 0.6 is 0 Å². The average molecular weight is 515 g/mol. The zero-order chi connectivity index (χ0) is 27.1. The number of unbranched alkanes of at least 4 members (excludes halogenated alkanes) is 2. The van der Waals surface area contributed by atoms with Crippen LogP contribution in [-0.4, -0.2) is 31.7 Å². The van der Waals surface area contributed by atoms with E-state index >= 15 is 0 Å². The SMILES string of the molecule is CCCCCNC(=O)c1c(CCC=O)cc2oc(-c3ccc(F)cc3)c(C(=O)NC)c2c1-c1ccccc1. The molecular formula is C31H31FN2O4. The number of nitrogens with one attached hydrogen (secondary N) is 2. The summed E-state index contributed by atoms with van der Waals surface area (Å²) in [6.45, 7) is 2.61. The summed E-state index contributed by atoms with van der Waals surface area (Å²) in [6, 6.07) is 16.8. The van der Waals surface area contributed by atoms with E-state index in [2.05, 4.69) is 17.6 Å². The summed E-state index contributed by atoms with van der Waals surface area (Å²) in [6.07, 6.45) is 4.24. The highest BCUT2D eigenvalue weighted by Crippen LogP contribution is 2.42. The fraction of sp³-hybridized carbons (Fsp3) is 0.258. The van der Waals surface area contributed by atoms with Gasteiger partial charge in [-0.15, -0.1) is 0 Å². The highest BCUT2D eigenvalue weighted by atomic mass is 19.1. The summed E-state index contributed by atoms with van der Waals surface area (Å²) >= 11 is 0. The molecule has 0 spiro atoms. The molecule has 38 heavy (non-hydrogen) atoms. The van der Waals surface area contributed by atoms with Crippen molar-refractivity contribution < 1.29 is 23.2 Å². The van der Waals surface area contributed by atoms with Gasteiger partial charge in [-0.2, -0.15) is 0 Å². The zero-order valence-corrected chi connectivity index (χ0v) is 21.6. The number of carbonyl (C=O) groups excluding carboxylic acids is 3. The smallest absolute Gasteiger partial charge is 0.255 e. The number of amides is 2. The van der Waals surface area contributed by atoms with Gasteiger partial charge in [-0.25, -0.2) is 4.39 Å². The standard InChI is InChI=1S/C31H31FN2O4/c1-3-4-8-17-34-31(37)26-22(12-9-18-35)19-24-27(25(26)20-10-6-5-7-11-20)28(30(36)33-2)29(38-24)21-13-15-23(32)16-14-21/h5-7,10-11,13-16,18-19H,3-4,8-9,12,17H2,1-2H3,(H,33,36)(H,34,37). The topological polar surface area (TPSA) is 88.4 Å². The number of benzene rings is 3. The van der Waals surface area contributed by atoms with Crippen LogP contribution in [0.2, 0.25) is 0 Å². The van der Waals surface area contributed by atoms with Crippen LogP contribution in [0, 0.1) is 5.82 Å². The summed E-state index contributed by atoms with van der Waals surface area (Å²) in [5, 5.41) is 6.21. The first kappa shape index (κ1) is 26.8. The summed E-state index contributed by atoms with van der Waals surface area (Å²) < 4.78 is 20.0. The van der Waals surface area contributed by atoms with E-state index in [1.165, 1.54) is 19.2 Å². The van der Waals surface area contributed by atoms with E-state index in [4.69, 9.17) is 4.42 Å². The lowest BCUT2D eigenvalue weighted by atomic mass is 9.87. The Morgan fingerprint density at radius 2 is 1.68 bits per heavy atom. The molecule has 0 unspecified atom stereocenters. The van der Waals surface area contributed by atoms with Crippen molar-refractivity contribution in [2.45, 2.75) is 39.0 Å². The Bertz CT molecular complexity index is 1440. The van der Waals surface area contributed by atoms with E-state index in [0.717, 1.165) is 31.1 Å². The third-order valence-corrected chi connectivity index (χ3v) is 6.51. The minimum Gasteiger partial charge on any atom is -0.455 e. The molecule has 0 atom stereocenters. The van der Waals surface area contributed by atoms with Gasteiger partial charge in [-0.3, -0.25) is 9.59 Å². The Hall–Kier alpha value is -4.26. The predicted molar refractivity (Wildman–Crippen MR) is 147 cm³/mol. The second-order valence-electron chi connectivity index (χ2n) is 9.09. The molecule has 0 radical (unpaired) electrons. The van der Waals surface area contributed by atoms with Crippen LogP contribution in [0.25, 0.3) is 33.4 Å². The van der Waals surface area contributed by atoms with Gasteiger partial charge in [-0.1, -0.05) is 50.1 Å². The molecule has 0 saturated heterocycles. The normalized spacial score (nSPS) is 10.9. The van der Waals surface area contributed by atoms with Crippen molar-refractivity contribution in [3.8, 4) is 22.5 Å². The monoisotopic (exact) mass is 514 g/mol. The lowest BCUT2D eigenvalue weighted by Crippen LogP contribution is -2.26. The molecule has 0 aliphatic rings. The van der Waals surface area contributed by atoms with Gasteiger partial charge in [0.15, 0.2) is 0 Å². The van der Waals surface area contributed by atoms with E-state index in [1.807, 2.05) is 30.3 Å². The van der Waals surface area contributed by atoms with E-state index in [1.54, 1.807) is 18.2 Å². The van der Waals surface area contributed by atoms with E-state index < -0.39 is 11.7 Å². The molecule has 6 nitrogen and oxygen atoms in total. The molecule has 196 valence electrons. The Morgan fingerprint density at radius 3 is 2.34 bits per heavy atom. The van der Waals surface area contributed by atoms with Crippen molar-refractivity contribution in [3.05, 3.63) is 83.2 Å². The number of hydrogen-bond donors (Lipinski definition) is 2. The highest BCUT2D eigenvalue weighted by molar-refractivity contribution is 6.19. The minimum absolute atomic E-state index is 0.226. The fourth-order valence-corrected chi connectivity index (χ4v) is 4.69. The van der Waals surface area contributed by atoms with Crippen molar-refractivity contribution >= 4 is 29.1 Å². The Kier molecular flexibility index (Phi) is 8.69. The summed E-state index contributed by atoms with van der Waals surface area (Å²) in [5.74, 6) is -0.793. The van der Waals surface area contributed by atoms with Crippen molar-refractivity contribution in [2.24, 2.45) is 0 Å². The molecule has 0 aliphatic heterocycles. The molecule has 4 aromatic rings. The van der Waals surface area contributed by atoms with E-state index in [9.17, 15) is 18.8 Å². The minimum atomic E-state index is -0.408. The van der Waals surface area contributed by atoms with Crippen molar-refractivity contribution in [1.82, 2.24) is 10.6 Å². The number of carbonyl (C=O) groups is 3. The Labute approximate surface area is 221 Å². The van der Waals surface area contributed by atoms with E-state index in [-0.39, 0.29) is 23.7 Å². The first-order chi connectivity index (χ1) is 18.5. The molecule has 4 rings (SSSR count).